The van der Waals surface area contributed by atoms with E-state index in [1.165, 1.54) is 27.8 Å². The molecule has 0 fully saturated rings. The van der Waals surface area contributed by atoms with Gasteiger partial charge in [-0.2, -0.15) is 0 Å². The van der Waals surface area contributed by atoms with Crippen LogP contribution in [0.15, 0.2) is 36.4 Å². The molecule has 2 N–H and O–H groups in total. The van der Waals surface area contributed by atoms with Crippen molar-refractivity contribution in [3.05, 3.63) is 64.2 Å². The summed E-state index contributed by atoms with van der Waals surface area (Å²) in [6.45, 7) is 10.6. The minimum atomic E-state index is 0.223. The number of anilines is 1. The molecule has 3 heteroatoms. The molecular weight excluding hydrogens is 300 g/mol. The van der Waals surface area contributed by atoms with Crippen LogP contribution in [0.25, 0.3) is 0 Å². The van der Waals surface area contributed by atoms with E-state index in [9.17, 15) is 0 Å². The van der Waals surface area contributed by atoms with Gasteiger partial charge in [0.2, 0.25) is 0 Å². The van der Waals surface area contributed by atoms with Crippen LogP contribution >= 0.6 is 12.2 Å². The average molecular weight is 327 g/mol. The Kier molecular flexibility index (Phi) is 5.78. The van der Waals surface area contributed by atoms with Crippen LogP contribution in [-0.4, -0.2) is 5.11 Å². The zero-order valence-electron chi connectivity index (χ0n) is 14.7. The molecule has 0 radical (unpaired) electrons. The van der Waals surface area contributed by atoms with Crippen LogP contribution in [-0.2, 0) is 0 Å². The topological polar surface area (TPSA) is 24.1 Å². The molecule has 122 valence electrons. The van der Waals surface area contributed by atoms with Crippen LogP contribution in [0.3, 0.4) is 0 Å². The Morgan fingerprint density at radius 2 is 1.61 bits per heavy atom. The van der Waals surface area contributed by atoms with E-state index in [1.54, 1.807) is 0 Å². The van der Waals surface area contributed by atoms with Gasteiger partial charge in [0.15, 0.2) is 5.11 Å². The van der Waals surface area contributed by atoms with Gasteiger partial charge < -0.3 is 10.6 Å². The molecule has 2 aromatic carbocycles. The van der Waals surface area contributed by atoms with Gasteiger partial charge in [-0.25, -0.2) is 0 Å². The summed E-state index contributed by atoms with van der Waals surface area (Å²) in [5.74, 6) is 0. The second kappa shape index (κ2) is 7.60. The van der Waals surface area contributed by atoms with Gasteiger partial charge in [-0.3, -0.25) is 0 Å². The lowest BCUT2D eigenvalue weighted by atomic mass is 9.98. The molecule has 0 saturated heterocycles. The molecule has 0 aliphatic rings. The summed E-state index contributed by atoms with van der Waals surface area (Å²) in [4.78, 5) is 0. The van der Waals surface area contributed by atoms with Crippen LogP contribution in [0.2, 0.25) is 0 Å². The lowest BCUT2D eigenvalue weighted by Crippen LogP contribution is -2.32. The van der Waals surface area contributed by atoms with Crippen molar-refractivity contribution in [2.45, 2.75) is 47.1 Å². The van der Waals surface area contributed by atoms with E-state index in [1.807, 2.05) is 0 Å². The quantitative estimate of drug-likeness (QED) is 0.740. The van der Waals surface area contributed by atoms with Gasteiger partial charge in [0.25, 0.3) is 0 Å². The third kappa shape index (κ3) is 4.55. The van der Waals surface area contributed by atoms with Crippen LogP contribution < -0.4 is 10.6 Å². The summed E-state index contributed by atoms with van der Waals surface area (Å²) >= 11 is 5.53. The lowest BCUT2D eigenvalue weighted by molar-refractivity contribution is 0.625. The number of hydrogen-bond acceptors (Lipinski definition) is 1. The number of benzene rings is 2. The first kappa shape index (κ1) is 17.5. The Labute approximate surface area is 145 Å². The van der Waals surface area contributed by atoms with E-state index in [0.29, 0.717) is 5.11 Å². The SMILES string of the molecule is CC[C@@H](NC(=S)Nc1cc(C)ccc1C)c1ccc(C)cc1C. The van der Waals surface area contributed by atoms with Gasteiger partial charge in [0.1, 0.15) is 0 Å². The maximum atomic E-state index is 5.53. The van der Waals surface area contributed by atoms with E-state index in [4.69, 9.17) is 12.2 Å². The van der Waals surface area contributed by atoms with Crippen molar-refractivity contribution in [2.75, 3.05) is 5.32 Å². The van der Waals surface area contributed by atoms with Gasteiger partial charge in [0.05, 0.1) is 6.04 Å². The number of thiocarbonyl (C=S) groups is 1. The Morgan fingerprint density at radius 3 is 2.26 bits per heavy atom. The standard InChI is InChI=1S/C20H26N2S/c1-6-18(17-10-8-13(2)11-16(17)5)21-20(23)22-19-12-14(3)7-9-15(19)4/h7-12,18H,6H2,1-5H3,(H2,21,22,23)/t18-/m1/s1. The Morgan fingerprint density at radius 1 is 0.957 bits per heavy atom. The minimum Gasteiger partial charge on any atom is -0.356 e. The summed E-state index contributed by atoms with van der Waals surface area (Å²) in [5, 5.41) is 7.47. The van der Waals surface area contributed by atoms with Gasteiger partial charge in [-0.05, 0) is 74.7 Å². The Balaban J connectivity index is 2.12. The molecule has 0 unspecified atom stereocenters. The molecule has 2 nitrogen and oxygen atoms in total. The largest absolute Gasteiger partial charge is 0.356 e. The minimum absolute atomic E-state index is 0.223. The number of aryl methyl sites for hydroxylation is 4. The first-order valence-electron chi connectivity index (χ1n) is 8.12. The molecule has 0 saturated carbocycles. The molecule has 1 atom stereocenters. The summed E-state index contributed by atoms with van der Waals surface area (Å²) < 4.78 is 0. The highest BCUT2D eigenvalue weighted by molar-refractivity contribution is 7.80. The van der Waals surface area contributed by atoms with Crippen molar-refractivity contribution in [1.29, 1.82) is 0 Å². The summed E-state index contributed by atoms with van der Waals surface area (Å²) in [5.41, 5.74) is 7.39. The molecule has 0 spiro atoms. The normalized spacial score (nSPS) is 11.9. The zero-order valence-corrected chi connectivity index (χ0v) is 15.5. The van der Waals surface area contributed by atoms with Crippen LogP contribution in [0.5, 0.6) is 0 Å². The fourth-order valence-corrected chi connectivity index (χ4v) is 3.06. The predicted molar refractivity (Wildman–Crippen MR) is 104 cm³/mol. The third-order valence-corrected chi connectivity index (χ3v) is 4.38. The molecule has 0 bridgehead atoms. The number of rotatable bonds is 4. The summed E-state index contributed by atoms with van der Waals surface area (Å²) in [6, 6.07) is 13.2. The molecule has 0 heterocycles. The van der Waals surface area contributed by atoms with E-state index >= 15 is 0 Å². The second-order valence-corrected chi connectivity index (χ2v) is 6.65. The molecular formula is C20H26N2S. The Hall–Kier alpha value is -1.87. The van der Waals surface area contributed by atoms with Gasteiger partial charge in [-0.15, -0.1) is 0 Å². The van der Waals surface area contributed by atoms with Crippen LogP contribution in [0.1, 0.15) is 47.2 Å². The van der Waals surface area contributed by atoms with Gasteiger partial charge in [-0.1, -0.05) is 42.8 Å². The van der Waals surface area contributed by atoms with E-state index in [2.05, 4.69) is 81.7 Å². The molecule has 23 heavy (non-hydrogen) atoms. The fourth-order valence-electron chi connectivity index (χ4n) is 2.80. The maximum absolute atomic E-state index is 5.53. The van der Waals surface area contributed by atoms with E-state index in [-0.39, 0.29) is 6.04 Å². The molecule has 0 amide bonds. The van der Waals surface area contributed by atoms with Crippen LogP contribution in [0, 0.1) is 27.7 Å². The monoisotopic (exact) mass is 326 g/mol. The highest BCUT2D eigenvalue weighted by Crippen LogP contribution is 2.22. The predicted octanol–water partition coefficient (Wildman–Crippen LogP) is 5.36. The van der Waals surface area contributed by atoms with E-state index < -0.39 is 0 Å². The number of hydrogen-bond donors (Lipinski definition) is 2. The highest BCUT2D eigenvalue weighted by atomic mass is 32.1. The first-order chi connectivity index (χ1) is 10.9. The average Bonchev–Trinajstić information content (AvgIpc) is 2.49. The van der Waals surface area contributed by atoms with E-state index in [0.717, 1.165) is 12.1 Å². The highest BCUT2D eigenvalue weighted by Gasteiger charge is 2.13. The molecule has 0 aliphatic heterocycles. The third-order valence-electron chi connectivity index (χ3n) is 4.16. The summed E-state index contributed by atoms with van der Waals surface area (Å²) in [7, 11) is 0. The lowest BCUT2D eigenvalue weighted by Gasteiger charge is -2.22. The molecule has 0 aromatic heterocycles. The van der Waals surface area contributed by atoms with Crippen molar-refractivity contribution in [3.8, 4) is 0 Å². The summed E-state index contributed by atoms with van der Waals surface area (Å²) in [6.07, 6.45) is 0.985. The molecule has 2 aromatic rings. The Bertz CT molecular complexity index is 707. The smallest absolute Gasteiger partial charge is 0.171 e. The molecule has 0 aliphatic carbocycles. The van der Waals surface area contributed by atoms with Crippen molar-refractivity contribution in [3.63, 3.8) is 0 Å². The second-order valence-electron chi connectivity index (χ2n) is 6.24. The zero-order chi connectivity index (χ0) is 17.0. The van der Waals surface area contributed by atoms with Gasteiger partial charge >= 0.3 is 0 Å². The van der Waals surface area contributed by atoms with Crippen molar-refractivity contribution in [2.24, 2.45) is 0 Å². The van der Waals surface area contributed by atoms with Gasteiger partial charge in [0, 0.05) is 5.69 Å². The fraction of sp³-hybridized carbons (Fsp3) is 0.350. The van der Waals surface area contributed by atoms with Crippen LogP contribution in [0.4, 0.5) is 5.69 Å². The first-order valence-corrected chi connectivity index (χ1v) is 8.53. The van der Waals surface area contributed by atoms with Crippen molar-refractivity contribution < 1.29 is 0 Å². The van der Waals surface area contributed by atoms with Crippen molar-refractivity contribution in [1.82, 2.24) is 5.32 Å². The maximum Gasteiger partial charge on any atom is 0.171 e. The van der Waals surface area contributed by atoms with Crippen molar-refractivity contribution >= 4 is 23.0 Å². The molecule has 2 rings (SSSR count). The number of nitrogens with one attached hydrogen (secondary N) is 2.